The monoisotopic (exact) mass is 544 g/mol. The lowest BCUT2D eigenvalue weighted by molar-refractivity contribution is -0.114. The van der Waals surface area contributed by atoms with Crippen molar-refractivity contribution >= 4 is 52.5 Å². The molecule has 1 N–H and O–H groups in total. The van der Waals surface area contributed by atoms with Crippen LogP contribution in [0.25, 0.3) is 10.9 Å². The number of phosphoric acid groups is 1. The van der Waals surface area contributed by atoms with E-state index in [9.17, 15) is 14.2 Å². The van der Waals surface area contributed by atoms with E-state index in [1.807, 2.05) is 60.1 Å². The van der Waals surface area contributed by atoms with Crippen LogP contribution in [-0.2, 0) is 29.6 Å². The minimum absolute atomic E-state index is 0.0229. The van der Waals surface area contributed by atoms with Crippen molar-refractivity contribution in [2.45, 2.75) is 34.1 Å². The van der Waals surface area contributed by atoms with E-state index in [0.29, 0.717) is 17.3 Å². The summed E-state index contributed by atoms with van der Waals surface area (Å²) in [5.41, 5.74) is 1.89. The molecule has 35 heavy (non-hydrogen) atoms. The van der Waals surface area contributed by atoms with Crippen molar-refractivity contribution in [1.29, 1.82) is 0 Å². The molecule has 0 fully saturated rings. The summed E-state index contributed by atoms with van der Waals surface area (Å²) in [4.78, 5) is 29.1. The molecule has 0 aliphatic heterocycles. The van der Waals surface area contributed by atoms with Gasteiger partial charge in [0.1, 0.15) is 5.75 Å². The van der Waals surface area contributed by atoms with Crippen molar-refractivity contribution in [2.75, 3.05) is 45.4 Å². The van der Waals surface area contributed by atoms with Gasteiger partial charge in [0.05, 0.1) is 13.2 Å². The van der Waals surface area contributed by atoms with Crippen LogP contribution in [-0.4, -0.2) is 65.5 Å². The van der Waals surface area contributed by atoms with Crippen molar-refractivity contribution in [3.63, 3.8) is 0 Å². The maximum Gasteiger partial charge on any atom is 0.530 e. The Bertz CT molecular complexity index is 993. The lowest BCUT2D eigenvalue weighted by Crippen LogP contribution is -2.15. The number of likely N-dealkylation sites (N-methyl/N-ethyl adjacent to an activating group) is 1. The first-order chi connectivity index (χ1) is 16.5. The van der Waals surface area contributed by atoms with E-state index in [4.69, 9.17) is 13.6 Å². The van der Waals surface area contributed by atoms with Crippen LogP contribution in [0.5, 0.6) is 5.75 Å². The first-order valence-electron chi connectivity index (χ1n) is 11.7. The number of aromatic amines is 1. The summed E-state index contributed by atoms with van der Waals surface area (Å²) in [5.74, 6) is 0.869. The van der Waals surface area contributed by atoms with Gasteiger partial charge in [-0.05, 0) is 38.2 Å². The number of rotatable bonds is 15. The summed E-state index contributed by atoms with van der Waals surface area (Å²) in [5, 5.41) is 0.906. The van der Waals surface area contributed by atoms with E-state index >= 15 is 0 Å². The Morgan fingerprint density at radius 3 is 2.09 bits per heavy atom. The molecule has 2 rings (SSSR count). The fourth-order valence-corrected chi connectivity index (χ4v) is 5.82. The molecule has 8 nitrogen and oxygen atoms in total. The van der Waals surface area contributed by atoms with Gasteiger partial charge in [-0.1, -0.05) is 57.3 Å². The standard InChI is InChI=1S/C24H37N2O6PS2/c1-17(2)23(27)34-14-12-30-33(29,31-13-15-35-24(28)18(3)4)32-21-9-7-8-20-22(21)19(16-25-20)10-11-26(5)6/h7-9,16-18,25H,10-15H2,1-6H3. The molecule has 0 saturated heterocycles. The topological polar surface area (TPSA) is 97.9 Å². The quantitative estimate of drug-likeness (QED) is 0.226. The van der Waals surface area contributed by atoms with E-state index in [2.05, 4.69) is 9.88 Å². The fourth-order valence-electron chi connectivity index (χ4n) is 2.96. The molecule has 0 amide bonds. The molecule has 0 aliphatic carbocycles. The number of benzene rings is 1. The molecule has 0 radical (unpaired) electrons. The molecule has 1 aromatic heterocycles. The molecule has 0 unspecified atom stereocenters. The Hall–Kier alpha value is -1.29. The number of thioether (sulfide) groups is 2. The third-order valence-corrected chi connectivity index (χ3v) is 8.56. The van der Waals surface area contributed by atoms with Crippen LogP contribution in [0.2, 0.25) is 0 Å². The Labute approximate surface area is 216 Å². The number of fused-ring (bicyclic) bond motifs is 1. The second-order valence-corrected chi connectivity index (χ2v) is 12.7. The SMILES string of the molecule is CC(C)C(=O)SCCOP(=O)(OCCSC(=O)C(C)C)Oc1cccc2[nH]cc(CCN(C)C)c12. The number of carbonyl (C=O) groups excluding carboxylic acids is 2. The van der Waals surface area contributed by atoms with Crippen molar-refractivity contribution in [3.05, 3.63) is 30.0 Å². The zero-order chi connectivity index (χ0) is 26.0. The molecule has 1 aromatic carbocycles. The molecule has 0 spiro atoms. The van der Waals surface area contributed by atoms with Crippen LogP contribution in [0, 0.1) is 11.8 Å². The van der Waals surface area contributed by atoms with Crippen LogP contribution in [0.4, 0.5) is 0 Å². The summed E-state index contributed by atoms with van der Waals surface area (Å²) < 4.78 is 30.7. The van der Waals surface area contributed by atoms with E-state index < -0.39 is 7.82 Å². The Morgan fingerprint density at radius 1 is 1.00 bits per heavy atom. The third kappa shape index (κ3) is 9.94. The van der Waals surface area contributed by atoms with Crippen molar-refractivity contribution in [3.8, 4) is 5.75 Å². The Kier molecular flexibility index (Phi) is 12.4. The predicted molar refractivity (Wildman–Crippen MR) is 145 cm³/mol. The van der Waals surface area contributed by atoms with Gasteiger partial charge in [-0.15, -0.1) is 0 Å². The number of carbonyl (C=O) groups is 2. The van der Waals surface area contributed by atoms with Gasteiger partial charge in [0.2, 0.25) is 0 Å². The van der Waals surface area contributed by atoms with Crippen molar-refractivity contribution < 1.29 is 27.7 Å². The first-order valence-corrected chi connectivity index (χ1v) is 15.1. The van der Waals surface area contributed by atoms with E-state index in [1.165, 1.54) is 0 Å². The predicted octanol–water partition coefficient (Wildman–Crippen LogP) is 5.62. The summed E-state index contributed by atoms with van der Waals surface area (Å²) >= 11 is 2.26. The van der Waals surface area contributed by atoms with E-state index in [1.54, 1.807) is 6.07 Å². The highest BCUT2D eigenvalue weighted by Gasteiger charge is 2.30. The number of nitrogens with one attached hydrogen (secondary N) is 1. The van der Waals surface area contributed by atoms with E-state index in [-0.39, 0.29) is 35.3 Å². The zero-order valence-electron chi connectivity index (χ0n) is 21.4. The molecule has 2 aromatic rings. The van der Waals surface area contributed by atoms with Crippen LogP contribution < -0.4 is 4.52 Å². The molecule has 1 heterocycles. The molecular formula is C24H37N2O6PS2. The highest BCUT2D eigenvalue weighted by atomic mass is 32.2. The largest absolute Gasteiger partial charge is 0.530 e. The minimum Gasteiger partial charge on any atom is -0.403 e. The van der Waals surface area contributed by atoms with Gasteiger partial charge < -0.3 is 14.4 Å². The molecule has 0 saturated carbocycles. The smallest absolute Gasteiger partial charge is 0.403 e. The van der Waals surface area contributed by atoms with Crippen LogP contribution in [0.1, 0.15) is 33.3 Å². The average Bonchev–Trinajstić information content (AvgIpc) is 3.22. The second kappa shape index (κ2) is 14.4. The van der Waals surface area contributed by atoms with Crippen LogP contribution in [0.3, 0.4) is 0 Å². The maximum absolute atomic E-state index is 13.6. The average molecular weight is 545 g/mol. The number of H-pyrrole nitrogens is 1. The van der Waals surface area contributed by atoms with Gasteiger partial charge in [0.25, 0.3) is 0 Å². The lowest BCUT2D eigenvalue weighted by atomic mass is 10.1. The lowest BCUT2D eigenvalue weighted by Gasteiger charge is -2.19. The summed E-state index contributed by atoms with van der Waals surface area (Å²) in [6.45, 7) is 8.20. The first kappa shape index (κ1) is 29.9. The summed E-state index contributed by atoms with van der Waals surface area (Å²) in [6.07, 6.45) is 2.71. The van der Waals surface area contributed by atoms with Crippen LogP contribution >= 0.6 is 31.3 Å². The highest BCUT2D eigenvalue weighted by Crippen LogP contribution is 2.51. The Morgan fingerprint density at radius 2 is 1.57 bits per heavy atom. The van der Waals surface area contributed by atoms with Gasteiger partial charge >= 0.3 is 7.82 Å². The van der Waals surface area contributed by atoms with Gasteiger partial charge in [-0.2, -0.15) is 0 Å². The molecule has 11 heteroatoms. The molecule has 196 valence electrons. The van der Waals surface area contributed by atoms with Gasteiger partial charge in [0, 0.05) is 47.0 Å². The summed E-state index contributed by atoms with van der Waals surface area (Å²) in [7, 11) is -0.00762. The highest BCUT2D eigenvalue weighted by molar-refractivity contribution is 8.13. The van der Waals surface area contributed by atoms with E-state index in [0.717, 1.165) is 53.0 Å². The maximum atomic E-state index is 13.6. The van der Waals surface area contributed by atoms with Gasteiger partial charge in [-0.3, -0.25) is 18.6 Å². The van der Waals surface area contributed by atoms with Gasteiger partial charge in [0.15, 0.2) is 10.2 Å². The Balaban J connectivity index is 2.16. The number of hydrogen-bond acceptors (Lipinski definition) is 9. The molecule has 0 aliphatic rings. The normalized spacial score (nSPS) is 12.3. The molecule has 0 atom stereocenters. The number of aromatic nitrogens is 1. The third-order valence-electron chi connectivity index (χ3n) is 4.88. The van der Waals surface area contributed by atoms with Crippen molar-refractivity contribution in [1.82, 2.24) is 9.88 Å². The van der Waals surface area contributed by atoms with Crippen LogP contribution in [0.15, 0.2) is 24.4 Å². The zero-order valence-corrected chi connectivity index (χ0v) is 23.9. The number of phosphoric ester groups is 1. The minimum atomic E-state index is -4.02. The molecule has 0 bridgehead atoms. The second-order valence-electron chi connectivity index (χ2n) is 8.90. The molecular weight excluding hydrogens is 507 g/mol. The van der Waals surface area contributed by atoms with Gasteiger partial charge in [-0.25, -0.2) is 4.57 Å². The number of hydrogen-bond donors (Lipinski definition) is 1. The summed E-state index contributed by atoms with van der Waals surface area (Å²) in [6, 6.07) is 5.47. The van der Waals surface area contributed by atoms with Crippen molar-refractivity contribution in [2.24, 2.45) is 11.8 Å². The number of nitrogens with zero attached hydrogens (tertiary/aromatic N) is 1. The fraction of sp³-hybridized carbons (Fsp3) is 0.583.